The summed E-state index contributed by atoms with van der Waals surface area (Å²) in [6, 6.07) is 2.98. The molecule has 5 heteroatoms. The molecule has 0 aliphatic heterocycles. The third-order valence-corrected chi connectivity index (χ3v) is 4.52. The van der Waals surface area contributed by atoms with Gasteiger partial charge in [0.15, 0.2) is 0 Å². The maximum Gasteiger partial charge on any atom is 0.130 e. The molecule has 1 N–H and O–H groups in total. The van der Waals surface area contributed by atoms with Crippen LogP contribution < -0.4 is 0 Å². The molecule has 0 heterocycles. The van der Waals surface area contributed by atoms with Crippen LogP contribution in [0.25, 0.3) is 5.32 Å². The van der Waals surface area contributed by atoms with Crippen LogP contribution in [0, 0.1) is 43.9 Å². The molecule has 104 valence electrons. The fraction of sp³-hybridized carbons (Fsp3) is 0.571. The molecule has 1 aromatic carbocycles. The first kappa shape index (κ1) is 17.5. The van der Waals surface area contributed by atoms with Crippen LogP contribution in [0.15, 0.2) is 12.1 Å². The molecular formula is C14H18ClFNOU-. The summed E-state index contributed by atoms with van der Waals surface area (Å²) in [5.74, 6) is -0.451. The van der Waals surface area contributed by atoms with E-state index in [0.717, 1.165) is 31.2 Å². The minimum atomic E-state index is -0.961. The summed E-state index contributed by atoms with van der Waals surface area (Å²) in [4.78, 5) is 0. The third-order valence-electron chi connectivity index (χ3n) is 4.02. The molecule has 0 spiro atoms. The van der Waals surface area contributed by atoms with Crippen molar-refractivity contribution in [3.63, 3.8) is 0 Å². The molecule has 2 rings (SSSR count). The van der Waals surface area contributed by atoms with Crippen molar-refractivity contribution in [3.8, 4) is 0 Å². The Kier molecular flexibility index (Phi) is 6.36. The smallest absolute Gasteiger partial charge is 0.130 e. The Morgan fingerprint density at radius 2 is 1.95 bits per heavy atom. The van der Waals surface area contributed by atoms with Crippen LogP contribution in [-0.2, 0) is 0 Å². The fourth-order valence-electron chi connectivity index (χ4n) is 2.80. The van der Waals surface area contributed by atoms with Gasteiger partial charge < -0.3 is 10.4 Å². The van der Waals surface area contributed by atoms with Crippen LogP contribution in [0.1, 0.15) is 42.9 Å². The van der Waals surface area contributed by atoms with Crippen molar-refractivity contribution in [3.05, 3.63) is 39.4 Å². The van der Waals surface area contributed by atoms with E-state index < -0.39 is 17.5 Å². The van der Waals surface area contributed by atoms with Crippen molar-refractivity contribution in [1.29, 1.82) is 0 Å². The van der Waals surface area contributed by atoms with E-state index in [1.54, 1.807) is 13.1 Å². The number of aryl methyl sites for hydroxylation is 1. The monoisotopic (exact) mass is 508 g/mol. The Balaban J connectivity index is 0.00000180. The first-order valence-corrected chi connectivity index (χ1v) is 6.63. The number of halogens is 2. The predicted octanol–water partition coefficient (Wildman–Crippen LogP) is 4.14. The van der Waals surface area contributed by atoms with E-state index in [1.165, 1.54) is 6.07 Å². The van der Waals surface area contributed by atoms with Crippen LogP contribution in [-0.4, -0.2) is 17.7 Å². The first-order chi connectivity index (χ1) is 8.52. The van der Waals surface area contributed by atoms with Crippen LogP contribution >= 0.6 is 11.6 Å². The molecule has 19 heavy (non-hydrogen) atoms. The largest absolute Gasteiger partial charge is 0.657 e. The summed E-state index contributed by atoms with van der Waals surface area (Å²) in [6.07, 6.45) is 2.64. The maximum absolute atomic E-state index is 14.0. The van der Waals surface area contributed by atoms with Crippen molar-refractivity contribution < 1.29 is 40.6 Å². The average molecular weight is 509 g/mol. The van der Waals surface area contributed by atoms with Gasteiger partial charge >= 0.3 is 0 Å². The Bertz CT molecular complexity index is 449. The molecule has 2 nitrogen and oxygen atoms in total. The zero-order chi connectivity index (χ0) is 13.3. The minimum Gasteiger partial charge on any atom is -0.657 e. The molecular weight excluding hydrogens is 491 g/mol. The predicted molar refractivity (Wildman–Crippen MR) is 71.6 cm³/mol. The molecule has 0 bridgehead atoms. The van der Waals surface area contributed by atoms with E-state index in [9.17, 15) is 9.50 Å². The minimum absolute atomic E-state index is 0. The van der Waals surface area contributed by atoms with Crippen LogP contribution in [0.5, 0.6) is 0 Å². The van der Waals surface area contributed by atoms with Crippen molar-refractivity contribution >= 4 is 11.6 Å². The molecule has 0 aromatic heterocycles. The van der Waals surface area contributed by atoms with E-state index in [4.69, 9.17) is 11.6 Å². The molecule has 0 saturated heterocycles. The maximum atomic E-state index is 14.0. The van der Waals surface area contributed by atoms with E-state index >= 15 is 0 Å². The summed E-state index contributed by atoms with van der Waals surface area (Å²) in [6.45, 7) is 1.81. The fourth-order valence-corrected chi connectivity index (χ4v) is 3.06. The SMILES string of the molecule is C[N-]C1(C(O)c2c(F)ccc(C)c2Cl)CCCC1.[U]. The average Bonchev–Trinajstić information content (AvgIpc) is 2.84. The Labute approximate surface area is 142 Å². The summed E-state index contributed by atoms with van der Waals surface area (Å²) >= 11 is 6.15. The van der Waals surface area contributed by atoms with Gasteiger partial charge in [0.1, 0.15) is 5.82 Å². The van der Waals surface area contributed by atoms with Gasteiger partial charge in [0.05, 0.1) is 11.1 Å². The molecule has 1 saturated carbocycles. The van der Waals surface area contributed by atoms with Crippen molar-refractivity contribution in [2.45, 2.75) is 44.2 Å². The normalized spacial score (nSPS) is 19.0. The van der Waals surface area contributed by atoms with Crippen molar-refractivity contribution in [1.82, 2.24) is 0 Å². The Hall–Kier alpha value is 0.412. The van der Waals surface area contributed by atoms with E-state index in [0.29, 0.717) is 5.02 Å². The summed E-state index contributed by atoms with van der Waals surface area (Å²) < 4.78 is 14.0. The van der Waals surface area contributed by atoms with Crippen LogP contribution in [0.3, 0.4) is 0 Å². The van der Waals surface area contributed by atoms with Gasteiger partial charge in [-0.15, -0.1) is 0 Å². The molecule has 0 radical (unpaired) electrons. The number of hydrogen-bond donors (Lipinski definition) is 1. The van der Waals surface area contributed by atoms with Crippen molar-refractivity contribution in [2.24, 2.45) is 0 Å². The number of rotatable bonds is 3. The molecule has 1 aromatic rings. The molecule has 1 unspecified atom stereocenters. The van der Waals surface area contributed by atoms with Gasteiger partial charge in [-0.3, -0.25) is 0 Å². The second-order valence-corrected chi connectivity index (χ2v) is 5.41. The van der Waals surface area contributed by atoms with Gasteiger partial charge in [-0.1, -0.05) is 48.9 Å². The first-order valence-electron chi connectivity index (χ1n) is 6.25. The van der Waals surface area contributed by atoms with Crippen LogP contribution in [0.4, 0.5) is 4.39 Å². The van der Waals surface area contributed by atoms with Gasteiger partial charge in [0.25, 0.3) is 0 Å². The van der Waals surface area contributed by atoms with E-state index in [-0.39, 0.29) is 36.7 Å². The standard InChI is InChI=1S/C14H18ClFNO.U/c1-9-5-6-10(16)11(12(9)15)13(18)14(17-2)7-3-4-8-14;/h5-6,13,18H,3-4,7-8H2,1-2H3;/q-1;. The van der Waals surface area contributed by atoms with Gasteiger partial charge in [-0.2, -0.15) is 7.05 Å². The number of nitrogens with zero attached hydrogens (tertiary/aromatic N) is 1. The second-order valence-electron chi connectivity index (χ2n) is 5.03. The molecule has 1 aliphatic carbocycles. The second kappa shape index (κ2) is 6.92. The summed E-state index contributed by atoms with van der Waals surface area (Å²) in [7, 11) is 1.69. The van der Waals surface area contributed by atoms with E-state index in [2.05, 4.69) is 5.32 Å². The summed E-state index contributed by atoms with van der Waals surface area (Å²) in [5.41, 5.74) is 0.402. The Morgan fingerprint density at radius 3 is 2.47 bits per heavy atom. The number of aliphatic hydroxyl groups is 1. The zero-order valence-electron chi connectivity index (χ0n) is 11.2. The number of likely N-dealkylation sites (N-methyl/N-ethyl adjacent to an activating group) is 1. The molecule has 1 aliphatic rings. The molecule has 1 atom stereocenters. The van der Waals surface area contributed by atoms with E-state index in [1.807, 2.05) is 6.92 Å². The topological polar surface area (TPSA) is 34.3 Å². The van der Waals surface area contributed by atoms with Gasteiger partial charge in [0, 0.05) is 36.7 Å². The van der Waals surface area contributed by atoms with Gasteiger partial charge in [-0.25, -0.2) is 4.39 Å². The quantitative estimate of drug-likeness (QED) is 0.654. The third kappa shape index (κ3) is 3.19. The van der Waals surface area contributed by atoms with Gasteiger partial charge in [0.2, 0.25) is 0 Å². The number of aliphatic hydroxyl groups excluding tert-OH is 1. The molecule has 0 amide bonds. The van der Waals surface area contributed by atoms with Crippen molar-refractivity contribution in [2.75, 3.05) is 7.05 Å². The van der Waals surface area contributed by atoms with Crippen LogP contribution in [0.2, 0.25) is 5.02 Å². The molecule has 1 fully saturated rings. The number of hydrogen-bond acceptors (Lipinski definition) is 1. The van der Waals surface area contributed by atoms with Gasteiger partial charge in [-0.05, 0) is 18.6 Å². The summed E-state index contributed by atoms with van der Waals surface area (Å²) in [5, 5.41) is 15.2. The number of benzene rings is 1. The zero-order valence-corrected chi connectivity index (χ0v) is 16.1. The Morgan fingerprint density at radius 1 is 1.37 bits per heavy atom.